The van der Waals surface area contributed by atoms with Crippen LogP contribution in [0.4, 0.5) is 5.69 Å². The van der Waals surface area contributed by atoms with E-state index >= 15 is 0 Å². The predicted octanol–water partition coefficient (Wildman–Crippen LogP) is 3.82. The van der Waals surface area contributed by atoms with E-state index in [1.807, 2.05) is 19.1 Å². The minimum Gasteiger partial charge on any atom is -0.448 e. The van der Waals surface area contributed by atoms with Gasteiger partial charge in [0.1, 0.15) is 10.8 Å². The molecular weight excluding hydrogens is 339 g/mol. The molecule has 1 aromatic carbocycles. The number of nitrogens with one attached hydrogen (secondary N) is 1. The normalized spacial score (nSPS) is 11.9. The largest absolute Gasteiger partial charge is 0.448 e. The number of ether oxygens (including phenoxy) is 1. The number of aromatic nitrogens is 1. The average molecular weight is 355 g/mol. The van der Waals surface area contributed by atoms with Crippen LogP contribution in [0.15, 0.2) is 30.3 Å². The lowest BCUT2D eigenvalue weighted by Gasteiger charge is -2.14. The molecule has 0 aliphatic heterocycles. The number of aryl methyl sites for hydroxylation is 1. The number of hydrogen-bond acceptors (Lipinski definition) is 3. The molecule has 0 spiro atoms. The molecule has 2 aromatic rings. The number of carbonyl (C=O) groups is 2. The zero-order chi connectivity index (χ0) is 17.1. The third kappa shape index (κ3) is 4.06. The van der Waals surface area contributed by atoms with Gasteiger partial charge in [-0.05, 0) is 32.0 Å². The maximum absolute atomic E-state index is 12.1. The van der Waals surface area contributed by atoms with E-state index in [9.17, 15) is 9.59 Å². The Labute approximate surface area is 144 Å². The standard InChI is InChI=1S/C16H16Cl2N2O3/c1-9-4-6-11(7-5-9)19-15(21)10(2)23-16(22)13-8-12(17)14(18)20(13)3/h4-8,10H,1-3H3,(H,19,21)/t10-/m0/s1. The Bertz CT molecular complexity index is 739. The highest BCUT2D eigenvalue weighted by Gasteiger charge is 2.22. The highest BCUT2D eigenvalue weighted by molar-refractivity contribution is 6.41. The van der Waals surface area contributed by atoms with Crippen molar-refractivity contribution < 1.29 is 14.3 Å². The summed E-state index contributed by atoms with van der Waals surface area (Å²) in [5, 5.41) is 3.16. The summed E-state index contributed by atoms with van der Waals surface area (Å²) in [4.78, 5) is 24.2. The van der Waals surface area contributed by atoms with Crippen molar-refractivity contribution in [1.82, 2.24) is 4.57 Å². The number of anilines is 1. The minimum absolute atomic E-state index is 0.176. The van der Waals surface area contributed by atoms with E-state index in [0.717, 1.165) is 5.56 Å². The summed E-state index contributed by atoms with van der Waals surface area (Å²) in [5.74, 6) is -1.10. The van der Waals surface area contributed by atoms with Crippen molar-refractivity contribution >= 4 is 40.8 Å². The number of amides is 1. The van der Waals surface area contributed by atoms with Crippen LogP contribution in [0.1, 0.15) is 23.0 Å². The smallest absolute Gasteiger partial charge is 0.355 e. The van der Waals surface area contributed by atoms with Gasteiger partial charge in [0, 0.05) is 12.7 Å². The van der Waals surface area contributed by atoms with Gasteiger partial charge < -0.3 is 14.6 Å². The molecule has 2 rings (SSSR count). The van der Waals surface area contributed by atoms with Crippen LogP contribution >= 0.6 is 23.2 Å². The fourth-order valence-electron chi connectivity index (χ4n) is 1.89. The molecule has 1 aromatic heterocycles. The number of halogens is 2. The zero-order valence-corrected chi connectivity index (χ0v) is 14.4. The van der Waals surface area contributed by atoms with Gasteiger partial charge in [-0.25, -0.2) is 4.79 Å². The van der Waals surface area contributed by atoms with Gasteiger partial charge >= 0.3 is 5.97 Å². The van der Waals surface area contributed by atoms with Crippen LogP contribution in [0.3, 0.4) is 0 Å². The molecule has 1 heterocycles. The zero-order valence-electron chi connectivity index (χ0n) is 12.9. The first kappa shape index (κ1) is 17.4. The second kappa shape index (κ2) is 7.06. The van der Waals surface area contributed by atoms with E-state index in [4.69, 9.17) is 27.9 Å². The summed E-state index contributed by atoms with van der Waals surface area (Å²) < 4.78 is 6.55. The minimum atomic E-state index is -0.962. The molecule has 1 N–H and O–H groups in total. The number of benzene rings is 1. The van der Waals surface area contributed by atoms with Gasteiger partial charge in [-0.15, -0.1) is 0 Å². The molecule has 0 radical (unpaired) electrons. The summed E-state index contributed by atoms with van der Waals surface area (Å²) in [6.45, 7) is 3.44. The molecule has 0 aliphatic rings. The van der Waals surface area contributed by atoms with E-state index < -0.39 is 18.0 Å². The van der Waals surface area contributed by atoms with Crippen LogP contribution in [0, 0.1) is 6.92 Å². The first-order chi connectivity index (χ1) is 10.8. The van der Waals surface area contributed by atoms with E-state index in [-0.39, 0.29) is 15.9 Å². The fourth-order valence-corrected chi connectivity index (χ4v) is 2.27. The molecule has 1 amide bonds. The summed E-state index contributed by atoms with van der Waals surface area (Å²) in [5.41, 5.74) is 1.89. The Morgan fingerprint density at radius 1 is 1.22 bits per heavy atom. The predicted molar refractivity (Wildman–Crippen MR) is 90.1 cm³/mol. The molecule has 0 saturated carbocycles. The average Bonchev–Trinajstić information content (AvgIpc) is 2.77. The monoisotopic (exact) mass is 354 g/mol. The number of carbonyl (C=O) groups excluding carboxylic acids is 2. The second-order valence-electron chi connectivity index (χ2n) is 5.13. The molecule has 1 atom stereocenters. The lowest BCUT2D eigenvalue weighted by Crippen LogP contribution is -2.30. The quantitative estimate of drug-likeness (QED) is 0.848. The van der Waals surface area contributed by atoms with Crippen molar-refractivity contribution in [2.24, 2.45) is 7.05 Å². The Morgan fingerprint density at radius 3 is 2.35 bits per heavy atom. The topological polar surface area (TPSA) is 60.3 Å². The number of rotatable bonds is 4. The van der Waals surface area contributed by atoms with Crippen molar-refractivity contribution in [3.05, 3.63) is 51.8 Å². The van der Waals surface area contributed by atoms with E-state index in [1.165, 1.54) is 17.6 Å². The van der Waals surface area contributed by atoms with Gasteiger partial charge in [0.25, 0.3) is 5.91 Å². The summed E-state index contributed by atoms with van der Waals surface area (Å²) in [6, 6.07) is 8.70. The third-order valence-electron chi connectivity index (χ3n) is 3.30. The van der Waals surface area contributed by atoms with Gasteiger partial charge in [-0.3, -0.25) is 4.79 Å². The van der Waals surface area contributed by atoms with E-state index in [2.05, 4.69) is 5.32 Å². The molecule has 0 saturated heterocycles. The Kier molecular flexibility index (Phi) is 5.34. The summed E-state index contributed by atoms with van der Waals surface area (Å²) in [7, 11) is 1.59. The molecular formula is C16H16Cl2N2O3. The van der Waals surface area contributed by atoms with Crippen molar-refractivity contribution in [2.45, 2.75) is 20.0 Å². The van der Waals surface area contributed by atoms with Crippen LogP contribution in [-0.2, 0) is 16.6 Å². The Hall–Kier alpha value is -1.98. The van der Waals surface area contributed by atoms with Crippen LogP contribution in [0.25, 0.3) is 0 Å². The number of nitrogens with zero attached hydrogens (tertiary/aromatic N) is 1. The molecule has 0 unspecified atom stereocenters. The van der Waals surface area contributed by atoms with Crippen molar-refractivity contribution in [3.63, 3.8) is 0 Å². The molecule has 5 nitrogen and oxygen atoms in total. The first-order valence-corrected chi connectivity index (χ1v) is 7.64. The van der Waals surface area contributed by atoms with Gasteiger partial charge in [0.15, 0.2) is 6.10 Å². The molecule has 23 heavy (non-hydrogen) atoms. The van der Waals surface area contributed by atoms with Gasteiger partial charge in [0.2, 0.25) is 0 Å². The first-order valence-electron chi connectivity index (χ1n) is 6.89. The fraction of sp³-hybridized carbons (Fsp3) is 0.250. The molecule has 0 fully saturated rings. The Morgan fingerprint density at radius 2 is 1.83 bits per heavy atom. The van der Waals surface area contributed by atoms with Crippen molar-refractivity contribution in [1.29, 1.82) is 0 Å². The van der Waals surface area contributed by atoms with Crippen LogP contribution in [-0.4, -0.2) is 22.5 Å². The number of esters is 1. The maximum atomic E-state index is 12.1. The van der Waals surface area contributed by atoms with Gasteiger partial charge in [-0.1, -0.05) is 40.9 Å². The molecule has 7 heteroatoms. The van der Waals surface area contributed by atoms with Crippen molar-refractivity contribution in [2.75, 3.05) is 5.32 Å². The molecule has 0 bridgehead atoms. The lowest BCUT2D eigenvalue weighted by molar-refractivity contribution is -0.123. The van der Waals surface area contributed by atoms with Crippen LogP contribution in [0.5, 0.6) is 0 Å². The Balaban J connectivity index is 2.01. The highest BCUT2D eigenvalue weighted by atomic mass is 35.5. The van der Waals surface area contributed by atoms with Gasteiger partial charge in [0.05, 0.1) is 5.02 Å². The number of hydrogen-bond donors (Lipinski definition) is 1. The van der Waals surface area contributed by atoms with Crippen LogP contribution < -0.4 is 5.32 Å². The van der Waals surface area contributed by atoms with E-state index in [0.29, 0.717) is 5.69 Å². The van der Waals surface area contributed by atoms with Crippen LogP contribution in [0.2, 0.25) is 10.2 Å². The van der Waals surface area contributed by atoms with E-state index in [1.54, 1.807) is 19.2 Å². The third-order valence-corrected chi connectivity index (χ3v) is 4.14. The van der Waals surface area contributed by atoms with Crippen molar-refractivity contribution in [3.8, 4) is 0 Å². The molecule has 0 aliphatic carbocycles. The highest BCUT2D eigenvalue weighted by Crippen LogP contribution is 2.25. The molecule has 122 valence electrons. The summed E-state index contributed by atoms with van der Waals surface area (Å²) >= 11 is 11.8. The SMILES string of the molecule is Cc1ccc(NC(=O)[C@H](C)OC(=O)c2cc(Cl)c(Cl)n2C)cc1. The van der Waals surface area contributed by atoms with Gasteiger partial charge in [-0.2, -0.15) is 0 Å². The summed E-state index contributed by atoms with van der Waals surface area (Å²) in [6.07, 6.45) is -0.962. The maximum Gasteiger partial charge on any atom is 0.355 e. The lowest BCUT2D eigenvalue weighted by atomic mass is 10.2. The second-order valence-corrected chi connectivity index (χ2v) is 5.90.